The van der Waals surface area contributed by atoms with E-state index < -0.39 is 6.29 Å². The third kappa shape index (κ3) is 8.02. The number of ether oxygens (including phenoxy) is 1. The molecular weight excluding hydrogens is 152 g/mol. The third-order valence-corrected chi connectivity index (χ3v) is 1.74. The Morgan fingerprint density at radius 3 is 2.33 bits per heavy atom. The maximum absolute atomic E-state index is 9.22. The second-order valence-electron chi connectivity index (χ2n) is 4.36. The molecule has 0 rings (SSSR count). The highest BCUT2D eigenvalue weighted by Crippen LogP contribution is 2.22. The van der Waals surface area contributed by atoms with E-state index in [0.29, 0.717) is 12.0 Å². The van der Waals surface area contributed by atoms with Gasteiger partial charge in [-0.2, -0.15) is 0 Å². The van der Waals surface area contributed by atoms with Gasteiger partial charge in [0.25, 0.3) is 0 Å². The number of aliphatic hydroxyl groups is 1. The normalized spacial score (nSPS) is 14.8. The van der Waals surface area contributed by atoms with Gasteiger partial charge in [0.1, 0.15) is 0 Å². The lowest BCUT2D eigenvalue weighted by Gasteiger charge is -2.18. The molecule has 12 heavy (non-hydrogen) atoms. The van der Waals surface area contributed by atoms with E-state index >= 15 is 0 Å². The first-order valence-electron chi connectivity index (χ1n) is 4.75. The minimum absolute atomic E-state index is 0.367. The van der Waals surface area contributed by atoms with Crippen LogP contribution in [0.5, 0.6) is 0 Å². The molecule has 0 heterocycles. The first-order valence-corrected chi connectivity index (χ1v) is 4.75. The van der Waals surface area contributed by atoms with Crippen LogP contribution < -0.4 is 0 Å². The Bertz CT molecular complexity index is 105. The van der Waals surface area contributed by atoms with Crippen molar-refractivity contribution in [2.75, 3.05) is 6.61 Å². The number of hydrogen-bond donors (Lipinski definition) is 1. The van der Waals surface area contributed by atoms with Crippen molar-refractivity contribution < 1.29 is 9.84 Å². The summed E-state index contributed by atoms with van der Waals surface area (Å²) in [6, 6.07) is 0. The van der Waals surface area contributed by atoms with Crippen LogP contribution in [0, 0.1) is 5.41 Å². The molecule has 0 spiro atoms. The second-order valence-corrected chi connectivity index (χ2v) is 4.36. The van der Waals surface area contributed by atoms with Gasteiger partial charge in [-0.05, 0) is 31.6 Å². The molecule has 0 aliphatic heterocycles. The average molecular weight is 174 g/mol. The lowest BCUT2D eigenvalue weighted by molar-refractivity contribution is -0.100. The van der Waals surface area contributed by atoms with Gasteiger partial charge in [-0.1, -0.05) is 20.8 Å². The monoisotopic (exact) mass is 174 g/mol. The van der Waals surface area contributed by atoms with Crippen molar-refractivity contribution in [2.45, 2.75) is 53.2 Å². The summed E-state index contributed by atoms with van der Waals surface area (Å²) in [7, 11) is 0. The molecule has 2 nitrogen and oxygen atoms in total. The molecule has 1 N–H and O–H groups in total. The molecular formula is C10H22O2. The molecule has 0 aliphatic rings. The van der Waals surface area contributed by atoms with Gasteiger partial charge in [0, 0.05) is 6.61 Å². The number of rotatable bonds is 5. The molecule has 0 saturated carbocycles. The van der Waals surface area contributed by atoms with Crippen LogP contribution in [0.25, 0.3) is 0 Å². The lowest BCUT2D eigenvalue weighted by atomic mass is 9.90. The predicted molar refractivity (Wildman–Crippen MR) is 50.9 cm³/mol. The fourth-order valence-corrected chi connectivity index (χ4v) is 1.08. The molecule has 0 aromatic heterocycles. The van der Waals surface area contributed by atoms with Crippen LogP contribution in [0.1, 0.15) is 47.0 Å². The summed E-state index contributed by atoms with van der Waals surface area (Å²) in [5.41, 5.74) is 0.367. The highest BCUT2D eigenvalue weighted by molar-refractivity contribution is 4.61. The fraction of sp³-hybridized carbons (Fsp3) is 1.00. The molecule has 1 atom stereocenters. The summed E-state index contributed by atoms with van der Waals surface area (Å²) >= 11 is 0. The Labute approximate surface area is 75.9 Å². The minimum Gasteiger partial charge on any atom is -0.368 e. The van der Waals surface area contributed by atoms with Crippen molar-refractivity contribution in [3.05, 3.63) is 0 Å². The van der Waals surface area contributed by atoms with Crippen LogP contribution in [0.4, 0.5) is 0 Å². The zero-order valence-electron chi connectivity index (χ0n) is 8.76. The summed E-state index contributed by atoms with van der Waals surface area (Å²) in [5, 5.41) is 9.22. The maximum atomic E-state index is 9.22. The Kier molecular flexibility index (Phi) is 5.51. The third-order valence-electron chi connectivity index (χ3n) is 1.74. The van der Waals surface area contributed by atoms with E-state index in [1.54, 1.807) is 0 Å². The van der Waals surface area contributed by atoms with Gasteiger partial charge in [0.05, 0.1) is 0 Å². The van der Waals surface area contributed by atoms with Crippen LogP contribution in [0.3, 0.4) is 0 Å². The molecule has 2 heteroatoms. The zero-order valence-corrected chi connectivity index (χ0v) is 8.76. The maximum Gasteiger partial charge on any atom is 0.154 e. The van der Waals surface area contributed by atoms with Crippen LogP contribution in [0.15, 0.2) is 0 Å². The molecule has 0 bridgehead atoms. The summed E-state index contributed by atoms with van der Waals surface area (Å²) in [4.78, 5) is 0. The van der Waals surface area contributed by atoms with E-state index in [-0.39, 0.29) is 0 Å². The van der Waals surface area contributed by atoms with Gasteiger partial charge >= 0.3 is 0 Å². The van der Waals surface area contributed by atoms with Crippen molar-refractivity contribution in [1.29, 1.82) is 0 Å². The van der Waals surface area contributed by atoms with Gasteiger partial charge in [0.15, 0.2) is 6.29 Å². The molecule has 1 unspecified atom stereocenters. The Balaban J connectivity index is 3.31. The first-order chi connectivity index (χ1) is 5.45. The van der Waals surface area contributed by atoms with E-state index in [9.17, 15) is 5.11 Å². The van der Waals surface area contributed by atoms with E-state index in [4.69, 9.17) is 4.74 Å². The number of aliphatic hydroxyl groups excluding tert-OH is 1. The summed E-state index contributed by atoms with van der Waals surface area (Å²) in [6.45, 7) is 9.11. The van der Waals surface area contributed by atoms with Gasteiger partial charge in [-0.15, -0.1) is 0 Å². The topological polar surface area (TPSA) is 29.5 Å². The summed E-state index contributed by atoms with van der Waals surface area (Å²) < 4.78 is 5.01. The Morgan fingerprint density at radius 1 is 1.33 bits per heavy atom. The van der Waals surface area contributed by atoms with Crippen LogP contribution in [-0.2, 0) is 4.74 Å². The van der Waals surface area contributed by atoms with Crippen molar-refractivity contribution in [2.24, 2.45) is 5.41 Å². The number of hydrogen-bond acceptors (Lipinski definition) is 2. The summed E-state index contributed by atoms with van der Waals surface area (Å²) in [5.74, 6) is 0. The standard InChI is InChI=1S/C10H22O2/c1-5-12-9(11)7-6-8-10(2,3)4/h9,11H,5-8H2,1-4H3. The Hall–Kier alpha value is -0.0800. The average Bonchev–Trinajstić information content (AvgIpc) is 1.84. The molecule has 0 saturated heterocycles. The SMILES string of the molecule is CCOC(O)CCCC(C)(C)C. The molecule has 74 valence electrons. The molecule has 0 fully saturated rings. The first kappa shape index (κ1) is 11.9. The predicted octanol–water partition coefficient (Wildman–Crippen LogP) is 2.56. The van der Waals surface area contributed by atoms with Crippen molar-refractivity contribution in [1.82, 2.24) is 0 Å². The zero-order chi connectivity index (χ0) is 9.61. The second kappa shape index (κ2) is 5.55. The highest BCUT2D eigenvalue weighted by Gasteiger charge is 2.11. The van der Waals surface area contributed by atoms with Crippen LogP contribution in [0.2, 0.25) is 0 Å². The highest BCUT2D eigenvalue weighted by atomic mass is 16.6. The van der Waals surface area contributed by atoms with Crippen molar-refractivity contribution >= 4 is 0 Å². The van der Waals surface area contributed by atoms with Gasteiger partial charge in [0.2, 0.25) is 0 Å². The molecule has 0 aliphatic carbocycles. The van der Waals surface area contributed by atoms with E-state index in [0.717, 1.165) is 19.3 Å². The molecule has 0 amide bonds. The van der Waals surface area contributed by atoms with Gasteiger partial charge < -0.3 is 9.84 Å². The fourth-order valence-electron chi connectivity index (χ4n) is 1.08. The van der Waals surface area contributed by atoms with Gasteiger partial charge in [-0.25, -0.2) is 0 Å². The van der Waals surface area contributed by atoms with Crippen LogP contribution >= 0.6 is 0 Å². The quantitative estimate of drug-likeness (QED) is 0.649. The largest absolute Gasteiger partial charge is 0.368 e. The minimum atomic E-state index is -0.558. The smallest absolute Gasteiger partial charge is 0.154 e. The Morgan fingerprint density at radius 2 is 1.92 bits per heavy atom. The van der Waals surface area contributed by atoms with Crippen molar-refractivity contribution in [3.8, 4) is 0 Å². The van der Waals surface area contributed by atoms with E-state index in [2.05, 4.69) is 20.8 Å². The molecule has 0 aromatic rings. The van der Waals surface area contributed by atoms with Crippen molar-refractivity contribution in [3.63, 3.8) is 0 Å². The van der Waals surface area contributed by atoms with E-state index in [1.165, 1.54) is 0 Å². The molecule has 0 radical (unpaired) electrons. The van der Waals surface area contributed by atoms with Gasteiger partial charge in [-0.3, -0.25) is 0 Å². The summed E-state index contributed by atoms with van der Waals surface area (Å²) in [6.07, 6.45) is 2.37. The lowest BCUT2D eigenvalue weighted by Crippen LogP contribution is -2.13. The van der Waals surface area contributed by atoms with E-state index in [1.807, 2.05) is 6.92 Å². The van der Waals surface area contributed by atoms with Crippen LogP contribution in [-0.4, -0.2) is 18.0 Å². The molecule has 0 aromatic carbocycles.